The molecule has 1 aromatic heterocycles. The van der Waals surface area contributed by atoms with Crippen LogP contribution in [0.1, 0.15) is 10.4 Å². The second kappa shape index (κ2) is 10.9. The molecule has 168 valence electrons. The zero-order chi connectivity index (χ0) is 23.1. The van der Waals surface area contributed by atoms with Crippen molar-refractivity contribution in [3.05, 3.63) is 71.1 Å². The number of rotatable bonds is 9. The van der Waals surface area contributed by atoms with Gasteiger partial charge in [0.05, 0.1) is 5.92 Å². The first-order valence-corrected chi connectivity index (χ1v) is 10.9. The monoisotopic (exact) mass is 455 g/mol. The van der Waals surface area contributed by atoms with Gasteiger partial charge in [-0.15, -0.1) is 11.3 Å². The van der Waals surface area contributed by atoms with Crippen LogP contribution in [-0.4, -0.2) is 47.2 Å². The number of aliphatic hydroxyl groups excluding tert-OH is 1. The summed E-state index contributed by atoms with van der Waals surface area (Å²) in [6, 6.07) is 17.9. The number of hydroxylamine groups is 1. The van der Waals surface area contributed by atoms with E-state index >= 15 is 0 Å². The van der Waals surface area contributed by atoms with Gasteiger partial charge in [0.25, 0.3) is 5.91 Å². The van der Waals surface area contributed by atoms with E-state index in [1.54, 1.807) is 0 Å². The van der Waals surface area contributed by atoms with Gasteiger partial charge >= 0.3 is 0 Å². The fourth-order valence-corrected chi connectivity index (χ4v) is 4.59. The number of thiophene rings is 1. The standard InChI is InChI=1S/C23H25N3O5S/c1-24-22(29)18(11-14-7-3-2-4-8-14)25-21(28)17(20(27)23(30)26-31)13-16-12-15-9-5-6-10-19(15)32-16/h2-10,12,17-18,20,27,31H,11,13H2,1H3,(H,24,29)(H,25,28)(H,26,30)/t17-,18+,20+/m1/s1. The Morgan fingerprint density at radius 1 is 0.938 bits per heavy atom. The predicted octanol–water partition coefficient (Wildman–Crippen LogP) is 1.40. The topological polar surface area (TPSA) is 128 Å². The molecular formula is C23H25N3O5S. The molecule has 0 saturated heterocycles. The van der Waals surface area contributed by atoms with Crippen LogP contribution < -0.4 is 16.1 Å². The Morgan fingerprint density at radius 3 is 2.28 bits per heavy atom. The fraction of sp³-hybridized carbons (Fsp3) is 0.261. The molecule has 0 fully saturated rings. The first-order chi connectivity index (χ1) is 15.4. The Bertz CT molecular complexity index is 1050. The number of hydrogen-bond acceptors (Lipinski definition) is 6. The van der Waals surface area contributed by atoms with Crippen molar-refractivity contribution >= 4 is 39.1 Å². The Morgan fingerprint density at radius 2 is 1.62 bits per heavy atom. The molecule has 0 saturated carbocycles. The highest BCUT2D eigenvalue weighted by Crippen LogP contribution is 2.28. The van der Waals surface area contributed by atoms with Crippen LogP contribution in [0.4, 0.5) is 0 Å². The van der Waals surface area contributed by atoms with Crippen molar-refractivity contribution in [3.63, 3.8) is 0 Å². The van der Waals surface area contributed by atoms with Crippen molar-refractivity contribution in [1.82, 2.24) is 16.1 Å². The number of benzene rings is 2. The van der Waals surface area contributed by atoms with Crippen molar-refractivity contribution in [1.29, 1.82) is 0 Å². The highest BCUT2D eigenvalue weighted by molar-refractivity contribution is 7.19. The quantitative estimate of drug-likeness (QED) is 0.246. The molecule has 32 heavy (non-hydrogen) atoms. The van der Waals surface area contributed by atoms with Crippen molar-refractivity contribution in [2.75, 3.05) is 7.05 Å². The summed E-state index contributed by atoms with van der Waals surface area (Å²) in [6.07, 6.45) is -1.50. The maximum absolute atomic E-state index is 13.1. The van der Waals surface area contributed by atoms with Gasteiger partial charge in [-0.05, 0) is 29.5 Å². The average molecular weight is 456 g/mol. The van der Waals surface area contributed by atoms with E-state index in [-0.39, 0.29) is 12.8 Å². The summed E-state index contributed by atoms with van der Waals surface area (Å²) in [7, 11) is 1.47. The number of likely N-dealkylation sites (N-methyl/N-ethyl adjacent to an activating group) is 1. The van der Waals surface area contributed by atoms with Crippen LogP contribution in [0.2, 0.25) is 0 Å². The maximum Gasteiger partial charge on any atom is 0.272 e. The van der Waals surface area contributed by atoms with Gasteiger partial charge in [0.2, 0.25) is 11.8 Å². The lowest BCUT2D eigenvalue weighted by atomic mass is 9.94. The van der Waals surface area contributed by atoms with Crippen LogP contribution in [0.25, 0.3) is 10.1 Å². The number of amides is 3. The van der Waals surface area contributed by atoms with Crippen LogP contribution in [0.3, 0.4) is 0 Å². The fourth-order valence-electron chi connectivity index (χ4n) is 3.46. The average Bonchev–Trinajstić information content (AvgIpc) is 3.23. The zero-order valence-corrected chi connectivity index (χ0v) is 18.3. The maximum atomic E-state index is 13.1. The van der Waals surface area contributed by atoms with E-state index in [4.69, 9.17) is 5.21 Å². The number of hydrogen-bond donors (Lipinski definition) is 5. The summed E-state index contributed by atoms with van der Waals surface area (Å²) >= 11 is 1.45. The minimum absolute atomic E-state index is 0.0611. The SMILES string of the molecule is CNC(=O)[C@H](Cc1ccccc1)NC(=O)[C@H](Cc1cc2ccccc2s1)[C@H](O)C(=O)NO. The van der Waals surface area contributed by atoms with Gasteiger partial charge in [-0.3, -0.25) is 19.6 Å². The number of nitrogens with one attached hydrogen (secondary N) is 3. The summed E-state index contributed by atoms with van der Waals surface area (Å²) in [6.45, 7) is 0. The molecule has 2 aromatic carbocycles. The molecule has 3 atom stereocenters. The molecule has 0 radical (unpaired) electrons. The molecule has 0 unspecified atom stereocenters. The van der Waals surface area contributed by atoms with Gasteiger partial charge in [0.15, 0.2) is 0 Å². The largest absolute Gasteiger partial charge is 0.382 e. The van der Waals surface area contributed by atoms with Crippen molar-refractivity contribution in [3.8, 4) is 0 Å². The van der Waals surface area contributed by atoms with Crippen molar-refractivity contribution < 1.29 is 24.7 Å². The van der Waals surface area contributed by atoms with Crippen LogP contribution in [0, 0.1) is 5.92 Å². The summed E-state index contributed by atoms with van der Waals surface area (Å²) in [5.74, 6) is -3.36. The van der Waals surface area contributed by atoms with E-state index in [1.165, 1.54) is 23.9 Å². The number of aliphatic hydroxyl groups is 1. The molecular weight excluding hydrogens is 430 g/mol. The third-order valence-electron chi connectivity index (χ3n) is 5.16. The molecule has 0 spiro atoms. The van der Waals surface area contributed by atoms with Crippen LogP contribution >= 0.6 is 11.3 Å². The second-order valence-corrected chi connectivity index (χ2v) is 8.52. The minimum Gasteiger partial charge on any atom is -0.382 e. The number of fused-ring (bicyclic) bond motifs is 1. The molecule has 5 N–H and O–H groups in total. The second-order valence-electron chi connectivity index (χ2n) is 7.35. The lowest BCUT2D eigenvalue weighted by molar-refractivity contribution is -0.146. The van der Waals surface area contributed by atoms with Gasteiger partial charge in [-0.2, -0.15) is 0 Å². The van der Waals surface area contributed by atoms with E-state index in [2.05, 4.69) is 10.6 Å². The van der Waals surface area contributed by atoms with Gasteiger partial charge in [0, 0.05) is 23.0 Å². The lowest BCUT2D eigenvalue weighted by Crippen LogP contribution is -2.52. The smallest absolute Gasteiger partial charge is 0.272 e. The molecule has 0 aliphatic carbocycles. The van der Waals surface area contributed by atoms with Crippen LogP contribution in [0.15, 0.2) is 60.7 Å². The third-order valence-corrected chi connectivity index (χ3v) is 6.29. The van der Waals surface area contributed by atoms with E-state index in [9.17, 15) is 19.5 Å². The highest BCUT2D eigenvalue weighted by Gasteiger charge is 2.35. The molecule has 3 amide bonds. The van der Waals surface area contributed by atoms with Crippen molar-refractivity contribution in [2.24, 2.45) is 5.92 Å². The zero-order valence-electron chi connectivity index (χ0n) is 17.4. The summed E-state index contributed by atoms with van der Waals surface area (Å²) in [5.41, 5.74) is 2.24. The lowest BCUT2D eigenvalue weighted by Gasteiger charge is -2.24. The highest BCUT2D eigenvalue weighted by atomic mass is 32.1. The molecule has 0 bridgehead atoms. The number of carbonyl (C=O) groups is 3. The Hall–Kier alpha value is -3.27. The molecule has 3 rings (SSSR count). The molecule has 3 aromatic rings. The van der Waals surface area contributed by atoms with E-state index < -0.39 is 35.8 Å². The minimum atomic E-state index is -1.80. The summed E-state index contributed by atoms with van der Waals surface area (Å²) in [4.78, 5) is 38.2. The van der Waals surface area contributed by atoms with Gasteiger partial charge in [-0.25, -0.2) is 5.48 Å². The summed E-state index contributed by atoms with van der Waals surface area (Å²) < 4.78 is 1.01. The van der Waals surface area contributed by atoms with Gasteiger partial charge in [0.1, 0.15) is 12.1 Å². The molecule has 0 aliphatic rings. The van der Waals surface area contributed by atoms with E-state index in [0.29, 0.717) is 0 Å². The first kappa shape index (κ1) is 23.4. The molecule has 9 heteroatoms. The summed E-state index contributed by atoms with van der Waals surface area (Å²) in [5, 5.41) is 25.6. The normalized spacial score (nSPS) is 13.7. The molecule has 1 heterocycles. The number of carbonyl (C=O) groups excluding carboxylic acids is 3. The molecule has 8 nitrogen and oxygen atoms in total. The van der Waals surface area contributed by atoms with Crippen LogP contribution in [0.5, 0.6) is 0 Å². The Balaban J connectivity index is 1.83. The first-order valence-electron chi connectivity index (χ1n) is 10.1. The van der Waals surface area contributed by atoms with E-state index in [1.807, 2.05) is 60.7 Å². The molecule has 0 aliphatic heterocycles. The van der Waals surface area contributed by atoms with Crippen molar-refractivity contribution in [2.45, 2.75) is 25.0 Å². The Kier molecular flexibility index (Phi) is 7.93. The Labute approximate surface area is 189 Å². The van der Waals surface area contributed by atoms with E-state index in [0.717, 1.165) is 20.5 Å². The van der Waals surface area contributed by atoms with Crippen LogP contribution in [-0.2, 0) is 27.2 Å². The van der Waals surface area contributed by atoms with Gasteiger partial charge < -0.3 is 15.7 Å². The predicted molar refractivity (Wildman–Crippen MR) is 121 cm³/mol. The third kappa shape index (κ3) is 5.70. The van der Waals surface area contributed by atoms with Gasteiger partial charge in [-0.1, -0.05) is 48.5 Å².